The largest absolute Gasteiger partial charge is 0.381 e. The molecule has 4 aromatic heterocycles. The van der Waals surface area contributed by atoms with Gasteiger partial charge in [0.1, 0.15) is 11.6 Å². The van der Waals surface area contributed by atoms with Crippen LogP contribution in [0.25, 0.3) is 16.9 Å². The van der Waals surface area contributed by atoms with Crippen LogP contribution in [0.1, 0.15) is 19.2 Å². The smallest absolute Gasteiger partial charge is 0.228 e. The molecule has 4 aromatic rings. The summed E-state index contributed by atoms with van der Waals surface area (Å²) in [6, 6.07) is 7.71. The van der Waals surface area contributed by atoms with E-state index in [0.29, 0.717) is 5.95 Å². The molecule has 4 rings (SSSR count). The van der Waals surface area contributed by atoms with Crippen molar-refractivity contribution in [2.75, 3.05) is 12.4 Å². The van der Waals surface area contributed by atoms with Crippen molar-refractivity contribution in [2.45, 2.75) is 25.9 Å². The second kappa shape index (κ2) is 7.73. The highest BCUT2D eigenvalue weighted by atomic mass is 16.5. The SMILES string of the molecule is CC[C@@H](Cc1nnc2cc(-c3ccnc(Nc4ccnn4C)n3)ccn12)OC. The molecular weight excluding hydrogens is 356 g/mol. The Kier molecular flexibility index (Phi) is 4.98. The van der Waals surface area contributed by atoms with Crippen molar-refractivity contribution in [3.63, 3.8) is 0 Å². The van der Waals surface area contributed by atoms with Crippen LogP contribution >= 0.6 is 0 Å². The van der Waals surface area contributed by atoms with Crippen LogP contribution in [0.4, 0.5) is 11.8 Å². The van der Waals surface area contributed by atoms with Crippen molar-refractivity contribution in [1.82, 2.24) is 34.3 Å². The Bertz CT molecular complexity index is 1080. The summed E-state index contributed by atoms with van der Waals surface area (Å²) >= 11 is 0. The summed E-state index contributed by atoms with van der Waals surface area (Å²) < 4.78 is 9.18. The highest BCUT2D eigenvalue weighted by molar-refractivity contribution is 5.65. The van der Waals surface area contributed by atoms with E-state index in [4.69, 9.17) is 4.74 Å². The quantitative estimate of drug-likeness (QED) is 0.528. The summed E-state index contributed by atoms with van der Waals surface area (Å²) in [4.78, 5) is 8.90. The Labute approximate surface area is 162 Å². The molecule has 0 aliphatic carbocycles. The van der Waals surface area contributed by atoms with Gasteiger partial charge in [0.2, 0.25) is 5.95 Å². The number of ether oxygens (including phenoxy) is 1. The molecule has 0 amide bonds. The molecule has 9 nitrogen and oxygen atoms in total. The van der Waals surface area contributed by atoms with Crippen LogP contribution in [-0.4, -0.2) is 47.6 Å². The van der Waals surface area contributed by atoms with Gasteiger partial charge in [-0.05, 0) is 24.6 Å². The van der Waals surface area contributed by atoms with Crippen LogP contribution < -0.4 is 5.32 Å². The Balaban J connectivity index is 1.61. The van der Waals surface area contributed by atoms with Crippen LogP contribution in [0.3, 0.4) is 0 Å². The van der Waals surface area contributed by atoms with Crippen molar-refractivity contribution >= 4 is 17.4 Å². The number of methoxy groups -OCH3 is 1. The van der Waals surface area contributed by atoms with E-state index in [2.05, 4.69) is 37.5 Å². The molecule has 4 heterocycles. The number of aromatic nitrogens is 7. The predicted octanol–water partition coefficient (Wildman–Crippen LogP) is 2.63. The summed E-state index contributed by atoms with van der Waals surface area (Å²) in [6.45, 7) is 2.10. The van der Waals surface area contributed by atoms with E-state index in [1.807, 2.05) is 41.9 Å². The maximum absolute atomic E-state index is 5.47. The van der Waals surface area contributed by atoms with Gasteiger partial charge in [-0.2, -0.15) is 5.10 Å². The average Bonchev–Trinajstić information content (AvgIpc) is 3.32. The summed E-state index contributed by atoms with van der Waals surface area (Å²) in [5, 5.41) is 15.9. The minimum atomic E-state index is 0.134. The van der Waals surface area contributed by atoms with Gasteiger partial charge in [-0.3, -0.25) is 9.08 Å². The molecule has 0 radical (unpaired) electrons. The molecule has 0 bridgehead atoms. The molecule has 0 aliphatic heterocycles. The first-order valence-electron chi connectivity index (χ1n) is 9.13. The lowest BCUT2D eigenvalue weighted by atomic mass is 10.2. The topological polar surface area (TPSA) is 95.1 Å². The number of anilines is 2. The number of rotatable bonds is 7. The second-order valence-electron chi connectivity index (χ2n) is 6.46. The summed E-state index contributed by atoms with van der Waals surface area (Å²) in [7, 11) is 3.58. The fraction of sp³-hybridized carbons (Fsp3) is 0.316. The van der Waals surface area contributed by atoms with Gasteiger partial charge in [0, 0.05) is 44.6 Å². The van der Waals surface area contributed by atoms with Gasteiger partial charge in [0.05, 0.1) is 18.0 Å². The third-order valence-electron chi connectivity index (χ3n) is 4.69. The van der Waals surface area contributed by atoms with Crippen LogP contribution in [0.15, 0.2) is 42.9 Å². The molecule has 9 heteroatoms. The predicted molar refractivity (Wildman–Crippen MR) is 105 cm³/mol. The molecule has 0 spiro atoms. The van der Waals surface area contributed by atoms with Gasteiger partial charge in [0.15, 0.2) is 5.65 Å². The number of aryl methyl sites for hydroxylation is 1. The average molecular weight is 378 g/mol. The first-order valence-corrected chi connectivity index (χ1v) is 9.13. The zero-order valence-corrected chi connectivity index (χ0v) is 16.1. The van der Waals surface area contributed by atoms with Gasteiger partial charge >= 0.3 is 0 Å². The highest BCUT2D eigenvalue weighted by Gasteiger charge is 2.13. The number of hydrogen-bond donors (Lipinski definition) is 1. The zero-order chi connectivity index (χ0) is 19.5. The molecule has 28 heavy (non-hydrogen) atoms. The number of fused-ring (bicyclic) bond motifs is 1. The van der Waals surface area contributed by atoms with Crippen molar-refractivity contribution < 1.29 is 4.74 Å². The lowest BCUT2D eigenvalue weighted by Crippen LogP contribution is -2.14. The Morgan fingerprint density at radius 2 is 2.07 bits per heavy atom. The van der Waals surface area contributed by atoms with Gasteiger partial charge in [0.25, 0.3) is 0 Å². The molecule has 1 N–H and O–H groups in total. The maximum Gasteiger partial charge on any atom is 0.228 e. The van der Waals surface area contributed by atoms with Gasteiger partial charge in [-0.1, -0.05) is 6.92 Å². The van der Waals surface area contributed by atoms with Crippen LogP contribution in [-0.2, 0) is 18.2 Å². The van der Waals surface area contributed by atoms with Gasteiger partial charge < -0.3 is 10.1 Å². The molecule has 1 atom stereocenters. The standard InChI is InChI=1S/C19H22N8O/c1-4-14(28-3)12-18-25-24-17-11-13(7-10-27(17)18)15-5-8-20-19(22-15)23-16-6-9-21-26(16)2/h5-11,14H,4,12H2,1-3H3,(H,20,22,23)/t14-/m0/s1. The number of nitrogens with zero attached hydrogens (tertiary/aromatic N) is 7. The van der Waals surface area contributed by atoms with Gasteiger partial charge in [-0.15, -0.1) is 10.2 Å². The number of hydrogen-bond acceptors (Lipinski definition) is 7. The highest BCUT2D eigenvalue weighted by Crippen LogP contribution is 2.21. The molecule has 0 unspecified atom stereocenters. The first kappa shape index (κ1) is 18.1. The van der Waals surface area contributed by atoms with Crippen LogP contribution in [0.2, 0.25) is 0 Å². The Morgan fingerprint density at radius 3 is 2.82 bits per heavy atom. The van der Waals surface area contributed by atoms with Crippen LogP contribution in [0, 0.1) is 0 Å². The molecule has 144 valence electrons. The Hall–Kier alpha value is -3.33. The molecule has 0 saturated heterocycles. The minimum absolute atomic E-state index is 0.134. The van der Waals surface area contributed by atoms with Crippen molar-refractivity contribution in [2.24, 2.45) is 7.05 Å². The van der Waals surface area contributed by atoms with E-state index in [1.165, 1.54) is 0 Å². The van der Waals surface area contributed by atoms with Crippen molar-refractivity contribution in [3.05, 3.63) is 48.7 Å². The normalized spacial score (nSPS) is 12.4. The summed E-state index contributed by atoms with van der Waals surface area (Å²) in [6.07, 6.45) is 7.20. The fourth-order valence-corrected chi connectivity index (χ4v) is 3.03. The van der Waals surface area contributed by atoms with Crippen LogP contribution in [0.5, 0.6) is 0 Å². The first-order chi connectivity index (χ1) is 13.7. The molecular formula is C19H22N8O. The minimum Gasteiger partial charge on any atom is -0.381 e. The van der Waals surface area contributed by atoms with E-state index in [9.17, 15) is 0 Å². The van der Waals surface area contributed by atoms with E-state index in [0.717, 1.165) is 41.4 Å². The molecule has 0 fully saturated rings. The lowest BCUT2D eigenvalue weighted by Gasteiger charge is -2.11. The second-order valence-corrected chi connectivity index (χ2v) is 6.46. The van der Waals surface area contributed by atoms with Crippen molar-refractivity contribution in [1.29, 1.82) is 0 Å². The monoisotopic (exact) mass is 378 g/mol. The third-order valence-corrected chi connectivity index (χ3v) is 4.69. The number of nitrogens with one attached hydrogen (secondary N) is 1. The van der Waals surface area contributed by atoms with Gasteiger partial charge in [-0.25, -0.2) is 9.97 Å². The summed E-state index contributed by atoms with van der Waals surface area (Å²) in [5.74, 6) is 2.21. The zero-order valence-electron chi connectivity index (χ0n) is 16.1. The molecule has 0 aliphatic rings. The van der Waals surface area contributed by atoms with E-state index < -0.39 is 0 Å². The molecule has 0 aromatic carbocycles. The van der Waals surface area contributed by atoms with Crippen molar-refractivity contribution in [3.8, 4) is 11.3 Å². The number of pyridine rings is 1. The van der Waals surface area contributed by atoms with E-state index in [-0.39, 0.29) is 6.10 Å². The maximum atomic E-state index is 5.47. The fourth-order valence-electron chi connectivity index (χ4n) is 3.03. The Morgan fingerprint density at radius 1 is 1.18 bits per heavy atom. The molecule has 0 saturated carbocycles. The van der Waals surface area contributed by atoms with E-state index in [1.54, 1.807) is 24.2 Å². The summed E-state index contributed by atoms with van der Waals surface area (Å²) in [5.41, 5.74) is 2.52. The third kappa shape index (κ3) is 3.56. The lowest BCUT2D eigenvalue weighted by molar-refractivity contribution is 0.0979. The van der Waals surface area contributed by atoms with E-state index >= 15 is 0 Å².